The topological polar surface area (TPSA) is 85.1 Å². The monoisotopic (exact) mass is 443 g/mol. The molecule has 4 rings (SSSR count). The first-order chi connectivity index (χ1) is 15.8. The third kappa shape index (κ3) is 4.45. The molecule has 0 aliphatic rings. The van der Waals surface area contributed by atoms with Gasteiger partial charge in [-0.25, -0.2) is 4.98 Å². The summed E-state index contributed by atoms with van der Waals surface area (Å²) in [6.07, 6.45) is 0. The fourth-order valence-corrected chi connectivity index (χ4v) is 3.98. The molecule has 0 saturated carbocycles. The predicted octanol–water partition coefficient (Wildman–Crippen LogP) is 4.04. The van der Waals surface area contributed by atoms with Gasteiger partial charge in [0.2, 0.25) is 0 Å². The van der Waals surface area contributed by atoms with E-state index in [4.69, 9.17) is 4.98 Å². The molecule has 4 aromatic rings. The number of carbonyl (C=O) groups excluding carboxylic acids is 2. The first kappa shape index (κ1) is 22.5. The Balaban J connectivity index is 1.65. The van der Waals surface area contributed by atoms with Crippen molar-refractivity contribution in [3.05, 3.63) is 76.6 Å². The van der Waals surface area contributed by atoms with Crippen molar-refractivity contribution in [1.29, 1.82) is 0 Å². The second kappa shape index (κ2) is 9.03. The molecule has 0 saturated heterocycles. The van der Waals surface area contributed by atoms with Crippen LogP contribution in [0.3, 0.4) is 0 Å². The minimum Gasteiger partial charge on any atom is -0.354 e. The van der Waals surface area contributed by atoms with E-state index in [1.165, 1.54) is 0 Å². The second-order valence-electron chi connectivity index (χ2n) is 8.67. The zero-order valence-electron chi connectivity index (χ0n) is 19.7. The van der Waals surface area contributed by atoms with Crippen LogP contribution in [0.5, 0.6) is 0 Å². The van der Waals surface area contributed by atoms with Crippen molar-refractivity contribution in [2.75, 3.05) is 34.2 Å². The number of carbonyl (C=O) groups is 2. The van der Waals surface area contributed by atoms with E-state index < -0.39 is 0 Å². The molecule has 0 unspecified atom stereocenters. The quantitative estimate of drug-likeness (QED) is 0.422. The zero-order chi connectivity index (χ0) is 23.7. The van der Waals surface area contributed by atoms with Gasteiger partial charge in [-0.2, -0.15) is 0 Å². The van der Waals surface area contributed by atoms with Crippen molar-refractivity contribution in [2.45, 2.75) is 13.8 Å². The highest BCUT2D eigenvalue weighted by Crippen LogP contribution is 2.30. The van der Waals surface area contributed by atoms with Gasteiger partial charge in [-0.05, 0) is 51.7 Å². The largest absolute Gasteiger partial charge is 0.354 e. The molecule has 0 aliphatic heterocycles. The Morgan fingerprint density at radius 2 is 1.64 bits per heavy atom. The van der Waals surface area contributed by atoms with Gasteiger partial charge in [-0.3, -0.25) is 9.59 Å². The third-order valence-electron chi connectivity index (χ3n) is 5.90. The molecule has 2 aromatic heterocycles. The molecule has 0 spiro atoms. The molecule has 7 nitrogen and oxygen atoms in total. The van der Waals surface area contributed by atoms with Gasteiger partial charge in [0.15, 0.2) is 5.78 Å². The summed E-state index contributed by atoms with van der Waals surface area (Å²) in [5.41, 5.74) is 5.97. The van der Waals surface area contributed by atoms with Crippen LogP contribution in [0, 0.1) is 13.8 Å². The van der Waals surface area contributed by atoms with Crippen molar-refractivity contribution < 1.29 is 9.59 Å². The van der Waals surface area contributed by atoms with Gasteiger partial charge in [0.25, 0.3) is 5.91 Å². The molecule has 170 valence electrons. The summed E-state index contributed by atoms with van der Waals surface area (Å²) in [6, 6.07) is 14.7. The number of rotatable bonds is 7. The summed E-state index contributed by atoms with van der Waals surface area (Å²) >= 11 is 0. The number of aromatic nitrogens is 3. The van der Waals surface area contributed by atoms with Crippen LogP contribution >= 0.6 is 0 Å². The van der Waals surface area contributed by atoms with Crippen LogP contribution in [0.25, 0.3) is 22.4 Å². The maximum absolute atomic E-state index is 13.0. The Hall–Kier alpha value is -3.71. The number of ketones is 1. The summed E-state index contributed by atoms with van der Waals surface area (Å²) in [4.78, 5) is 41.0. The molecule has 0 atom stereocenters. The molecular formula is C26H29N5O2. The van der Waals surface area contributed by atoms with Crippen molar-refractivity contribution in [2.24, 2.45) is 0 Å². The number of nitrogens with zero attached hydrogens (tertiary/aromatic N) is 3. The van der Waals surface area contributed by atoms with Crippen molar-refractivity contribution >= 4 is 22.7 Å². The predicted molar refractivity (Wildman–Crippen MR) is 131 cm³/mol. The highest BCUT2D eigenvalue weighted by Gasteiger charge is 2.23. The van der Waals surface area contributed by atoms with Crippen LogP contribution in [0.1, 0.15) is 37.7 Å². The first-order valence-electron chi connectivity index (χ1n) is 11.0. The number of benzene rings is 2. The summed E-state index contributed by atoms with van der Waals surface area (Å²) in [5, 5.41) is 0. The van der Waals surface area contributed by atoms with Crippen LogP contribution in [-0.2, 0) is 0 Å². The fourth-order valence-electron chi connectivity index (χ4n) is 3.98. The molecule has 0 fully saturated rings. The number of aryl methyl sites for hydroxylation is 1. The third-order valence-corrected chi connectivity index (χ3v) is 5.90. The molecule has 2 aromatic carbocycles. The van der Waals surface area contributed by atoms with E-state index in [-0.39, 0.29) is 11.7 Å². The lowest BCUT2D eigenvalue weighted by Crippen LogP contribution is -2.34. The fraction of sp³-hybridized carbons (Fsp3) is 0.269. The Labute approximate surface area is 193 Å². The van der Waals surface area contributed by atoms with Gasteiger partial charge < -0.3 is 19.8 Å². The SMILES string of the molecule is Cc1[nH]c(C(=O)N(C)CCN(C)C)c(C)c1-c1nc2cc(C(=O)c3ccccc3)ccc2[nH]1. The average molecular weight is 444 g/mol. The van der Waals surface area contributed by atoms with E-state index in [9.17, 15) is 9.59 Å². The number of hydrogen-bond acceptors (Lipinski definition) is 4. The number of amides is 1. The summed E-state index contributed by atoms with van der Waals surface area (Å²) in [5.74, 6) is 0.593. The van der Waals surface area contributed by atoms with Gasteiger partial charge in [0.1, 0.15) is 11.5 Å². The van der Waals surface area contributed by atoms with E-state index in [1.807, 2.05) is 88.4 Å². The van der Waals surface area contributed by atoms with Gasteiger partial charge in [-0.1, -0.05) is 30.3 Å². The first-order valence-corrected chi connectivity index (χ1v) is 11.0. The second-order valence-corrected chi connectivity index (χ2v) is 8.67. The molecular weight excluding hydrogens is 414 g/mol. The molecule has 33 heavy (non-hydrogen) atoms. The lowest BCUT2D eigenvalue weighted by Gasteiger charge is -2.19. The Bertz CT molecular complexity index is 1320. The number of aromatic amines is 2. The van der Waals surface area contributed by atoms with Crippen molar-refractivity contribution in [1.82, 2.24) is 24.8 Å². The number of hydrogen-bond donors (Lipinski definition) is 2. The van der Waals surface area contributed by atoms with Crippen molar-refractivity contribution in [3.63, 3.8) is 0 Å². The standard InChI is InChI=1S/C26H29N5O2/c1-16-22(17(2)27-23(16)26(33)31(5)14-13-30(3)4)25-28-20-12-11-19(15-21(20)29-25)24(32)18-9-7-6-8-10-18/h6-12,15,27H,13-14H2,1-5H3,(H,28,29). The summed E-state index contributed by atoms with van der Waals surface area (Å²) in [6.45, 7) is 5.31. The van der Waals surface area contributed by atoms with Crippen LogP contribution in [0.4, 0.5) is 0 Å². The lowest BCUT2D eigenvalue weighted by atomic mass is 10.0. The Morgan fingerprint density at radius 3 is 2.33 bits per heavy atom. The van der Waals surface area contributed by atoms with Crippen LogP contribution in [0.15, 0.2) is 48.5 Å². The van der Waals surface area contributed by atoms with E-state index in [1.54, 1.807) is 4.90 Å². The molecule has 2 heterocycles. The van der Waals surface area contributed by atoms with E-state index in [0.29, 0.717) is 34.7 Å². The number of fused-ring (bicyclic) bond motifs is 1. The molecule has 0 radical (unpaired) electrons. The van der Waals surface area contributed by atoms with Gasteiger partial charge in [-0.15, -0.1) is 0 Å². The Kier molecular flexibility index (Phi) is 6.16. The van der Waals surface area contributed by atoms with Crippen LogP contribution in [-0.4, -0.2) is 70.7 Å². The lowest BCUT2D eigenvalue weighted by molar-refractivity contribution is 0.0780. The number of likely N-dealkylation sites (N-methyl/N-ethyl adjacent to an activating group) is 2. The van der Waals surface area contributed by atoms with Gasteiger partial charge >= 0.3 is 0 Å². The maximum Gasteiger partial charge on any atom is 0.270 e. The highest BCUT2D eigenvalue weighted by atomic mass is 16.2. The highest BCUT2D eigenvalue weighted by molar-refractivity contribution is 6.10. The van der Waals surface area contributed by atoms with Crippen molar-refractivity contribution in [3.8, 4) is 11.4 Å². The minimum absolute atomic E-state index is 0.0373. The van der Waals surface area contributed by atoms with Gasteiger partial charge in [0.05, 0.1) is 11.0 Å². The van der Waals surface area contributed by atoms with E-state index in [2.05, 4.69) is 9.97 Å². The maximum atomic E-state index is 13.0. The number of nitrogens with one attached hydrogen (secondary N) is 2. The summed E-state index contributed by atoms with van der Waals surface area (Å²) in [7, 11) is 5.79. The molecule has 0 bridgehead atoms. The molecule has 2 N–H and O–H groups in total. The molecule has 0 aliphatic carbocycles. The number of imidazole rings is 1. The molecule has 1 amide bonds. The number of H-pyrrole nitrogens is 2. The Morgan fingerprint density at radius 1 is 0.909 bits per heavy atom. The van der Waals surface area contributed by atoms with E-state index in [0.717, 1.165) is 28.9 Å². The van der Waals surface area contributed by atoms with Crippen LogP contribution in [0.2, 0.25) is 0 Å². The minimum atomic E-state index is -0.0458. The summed E-state index contributed by atoms with van der Waals surface area (Å²) < 4.78 is 0. The average Bonchev–Trinajstić information content (AvgIpc) is 3.35. The van der Waals surface area contributed by atoms with Crippen LogP contribution < -0.4 is 0 Å². The van der Waals surface area contributed by atoms with Gasteiger partial charge in [0, 0.05) is 42.5 Å². The normalized spacial score (nSPS) is 11.3. The van der Waals surface area contributed by atoms with E-state index >= 15 is 0 Å². The smallest absolute Gasteiger partial charge is 0.270 e. The molecule has 7 heteroatoms. The zero-order valence-corrected chi connectivity index (χ0v) is 19.7.